The van der Waals surface area contributed by atoms with Gasteiger partial charge in [-0.25, -0.2) is 9.48 Å². The summed E-state index contributed by atoms with van der Waals surface area (Å²) < 4.78 is 7.63. The predicted molar refractivity (Wildman–Crippen MR) is 119 cm³/mol. The van der Waals surface area contributed by atoms with Crippen molar-refractivity contribution >= 4 is 22.5 Å². The Bertz CT molecular complexity index is 1490. The van der Waals surface area contributed by atoms with Crippen LogP contribution in [0.5, 0.6) is 0 Å². The summed E-state index contributed by atoms with van der Waals surface area (Å²) in [4.78, 5) is 17.4. The summed E-state index contributed by atoms with van der Waals surface area (Å²) in [5, 5.41) is 9.24. The number of hydrogen-bond acceptors (Lipinski definition) is 5. The molecule has 6 nitrogen and oxygen atoms in total. The number of para-hydroxylation sites is 2. The summed E-state index contributed by atoms with van der Waals surface area (Å²) in [5.41, 5.74) is 5.29. The number of anilines is 2. The molecule has 1 aliphatic rings. The molecule has 0 aliphatic carbocycles. The van der Waals surface area contributed by atoms with Gasteiger partial charge >= 0.3 is 5.63 Å². The fourth-order valence-electron chi connectivity index (χ4n) is 4.47. The lowest BCUT2D eigenvalue weighted by atomic mass is 9.82. The number of fused-ring (bicyclic) bond motifs is 4. The van der Waals surface area contributed by atoms with Crippen LogP contribution in [-0.4, -0.2) is 14.8 Å². The molecule has 0 bridgehead atoms. The Hall–Kier alpha value is -4.19. The second-order valence-electron chi connectivity index (χ2n) is 7.61. The molecular weight excluding hydrogens is 388 g/mol. The number of aryl methyl sites for hydroxylation is 1. The first-order chi connectivity index (χ1) is 15.2. The van der Waals surface area contributed by atoms with Crippen LogP contribution in [-0.2, 0) is 0 Å². The zero-order chi connectivity index (χ0) is 20.9. The zero-order valence-corrected chi connectivity index (χ0v) is 16.7. The van der Waals surface area contributed by atoms with Gasteiger partial charge in [-0.2, -0.15) is 5.10 Å². The zero-order valence-electron chi connectivity index (χ0n) is 16.7. The maximum atomic E-state index is 13.2. The minimum absolute atomic E-state index is 0.312. The van der Waals surface area contributed by atoms with Crippen LogP contribution in [0, 0.1) is 6.92 Å². The Labute approximate surface area is 177 Å². The minimum Gasteiger partial charge on any atom is -0.422 e. The molecule has 1 atom stereocenters. The lowest BCUT2D eigenvalue weighted by Gasteiger charge is -2.28. The van der Waals surface area contributed by atoms with Gasteiger partial charge in [0, 0.05) is 29.3 Å². The molecule has 1 aliphatic heterocycles. The number of rotatable bonds is 2. The Morgan fingerprint density at radius 1 is 0.935 bits per heavy atom. The average Bonchev–Trinajstić information content (AvgIpc) is 3.15. The third-order valence-corrected chi connectivity index (χ3v) is 5.82. The van der Waals surface area contributed by atoms with Crippen molar-refractivity contribution in [1.29, 1.82) is 0 Å². The molecule has 6 rings (SSSR count). The average molecular weight is 406 g/mol. The first kappa shape index (κ1) is 17.7. The van der Waals surface area contributed by atoms with Crippen molar-refractivity contribution in [2.45, 2.75) is 12.8 Å². The topological polar surface area (TPSA) is 73.0 Å². The fraction of sp³-hybridized carbons (Fsp3) is 0.0800. The van der Waals surface area contributed by atoms with Crippen LogP contribution in [0.1, 0.15) is 28.3 Å². The monoisotopic (exact) mass is 406 g/mol. The Kier molecular flexibility index (Phi) is 3.80. The molecule has 0 fully saturated rings. The standard InChI is InChI=1S/C25H18N4O2/c1-15-20-21(16-11-13-26-14-12-16)22-23(18-9-5-6-10-19(18)31-25(22)30)27-24(20)29(28-15)17-7-3-2-4-8-17/h2-14,21,27H,1H3. The van der Waals surface area contributed by atoms with Crippen molar-refractivity contribution in [3.8, 4) is 5.69 Å². The third-order valence-electron chi connectivity index (χ3n) is 5.82. The molecule has 0 saturated carbocycles. The highest BCUT2D eigenvalue weighted by Crippen LogP contribution is 2.47. The van der Waals surface area contributed by atoms with E-state index in [1.807, 2.05) is 78.3 Å². The fourth-order valence-corrected chi connectivity index (χ4v) is 4.47. The second-order valence-corrected chi connectivity index (χ2v) is 7.61. The van der Waals surface area contributed by atoms with Crippen molar-refractivity contribution in [3.05, 3.63) is 112 Å². The van der Waals surface area contributed by atoms with Crippen molar-refractivity contribution in [2.75, 3.05) is 5.32 Å². The van der Waals surface area contributed by atoms with Crippen LogP contribution >= 0.6 is 0 Å². The van der Waals surface area contributed by atoms with Crippen LogP contribution in [0.2, 0.25) is 0 Å². The van der Waals surface area contributed by atoms with E-state index in [4.69, 9.17) is 9.52 Å². The van der Waals surface area contributed by atoms with Gasteiger partial charge in [0.25, 0.3) is 0 Å². The van der Waals surface area contributed by atoms with Gasteiger partial charge in [0.05, 0.1) is 22.6 Å². The van der Waals surface area contributed by atoms with Crippen LogP contribution in [0.25, 0.3) is 16.7 Å². The van der Waals surface area contributed by atoms with E-state index in [-0.39, 0.29) is 11.5 Å². The molecule has 0 amide bonds. The van der Waals surface area contributed by atoms with Crippen LogP contribution in [0.15, 0.2) is 88.3 Å². The highest BCUT2D eigenvalue weighted by molar-refractivity contribution is 5.96. The van der Waals surface area contributed by atoms with Gasteiger partial charge in [-0.1, -0.05) is 30.3 Å². The molecule has 5 aromatic rings. The minimum atomic E-state index is -0.347. The second kappa shape index (κ2) is 6.67. The Morgan fingerprint density at radius 3 is 2.48 bits per heavy atom. The molecule has 6 heteroatoms. The van der Waals surface area contributed by atoms with Gasteiger partial charge in [0.2, 0.25) is 0 Å². The van der Waals surface area contributed by atoms with Gasteiger partial charge in [0.15, 0.2) is 0 Å². The molecule has 2 aromatic carbocycles. The first-order valence-corrected chi connectivity index (χ1v) is 10.1. The Balaban J connectivity index is 1.72. The molecular formula is C25H18N4O2. The highest BCUT2D eigenvalue weighted by atomic mass is 16.4. The van der Waals surface area contributed by atoms with Crippen molar-refractivity contribution in [2.24, 2.45) is 0 Å². The molecule has 0 spiro atoms. The summed E-state index contributed by atoms with van der Waals surface area (Å²) in [6, 6.07) is 21.5. The van der Waals surface area contributed by atoms with Crippen LogP contribution < -0.4 is 10.9 Å². The van der Waals surface area contributed by atoms with Crippen molar-refractivity contribution < 1.29 is 4.42 Å². The normalized spacial score (nSPS) is 14.7. The van der Waals surface area contributed by atoms with Crippen LogP contribution in [0.3, 0.4) is 0 Å². The quantitative estimate of drug-likeness (QED) is 0.413. The van der Waals surface area contributed by atoms with E-state index >= 15 is 0 Å². The maximum absolute atomic E-state index is 13.2. The highest BCUT2D eigenvalue weighted by Gasteiger charge is 2.36. The van der Waals surface area contributed by atoms with E-state index in [0.29, 0.717) is 11.1 Å². The van der Waals surface area contributed by atoms with Gasteiger partial charge in [-0.05, 0) is 48.9 Å². The first-order valence-electron chi connectivity index (χ1n) is 10.1. The van der Waals surface area contributed by atoms with E-state index < -0.39 is 0 Å². The number of benzene rings is 2. The number of nitrogens with zero attached hydrogens (tertiary/aromatic N) is 3. The number of aromatic nitrogens is 3. The lowest BCUT2D eigenvalue weighted by molar-refractivity contribution is 0.548. The van der Waals surface area contributed by atoms with Crippen LogP contribution in [0.4, 0.5) is 11.5 Å². The maximum Gasteiger partial charge on any atom is 0.342 e. The molecule has 0 radical (unpaired) electrons. The summed E-state index contributed by atoms with van der Waals surface area (Å²) in [5.74, 6) is 0.543. The lowest BCUT2D eigenvalue weighted by Crippen LogP contribution is -2.23. The van der Waals surface area contributed by atoms with Crippen molar-refractivity contribution in [1.82, 2.24) is 14.8 Å². The van der Waals surface area contributed by atoms with Gasteiger partial charge in [-0.15, -0.1) is 0 Å². The SMILES string of the molecule is Cc1nn(-c2ccccc2)c2c1C(c1ccncc1)c1c(c3ccccc3oc1=O)N2. The third kappa shape index (κ3) is 2.61. The van der Waals surface area contributed by atoms with E-state index in [9.17, 15) is 4.79 Å². The molecule has 1 unspecified atom stereocenters. The van der Waals surface area contributed by atoms with E-state index in [2.05, 4.69) is 10.3 Å². The molecule has 150 valence electrons. The molecule has 1 N–H and O–H groups in total. The molecule has 31 heavy (non-hydrogen) atoms. The number of pyridine rings is 1. The predicted octanol–water partition coefficient (Wildman–Crippen LogP) is 4.92. The smallest absolute Gasteiger partial charge is 0.342 e. The molecule has 4 heterocycles. The largest absolute Gasteiger partial charge is 0.422 e. The number of nitrogens with one attached hydrogen (secondary N) is 1. The van der Waals surface area contributed by atoms with Gasteiger partial charge < -0.3 is 9.73 Å². The number of hydrogen-bond donors (Lipinski definition) is 1. The summed E-state index contributed by atoms with van der Waals surface area (Å²) in [6.45, 7) is 1.97. The van der Waals surface area contributed by atoms with E-state index in [1.54, 1.807) is 12.4 Å². The molecule has 3 aromatic heterocycles. The van der Waals surface area contributed by atoms with E-state index in [1.165, 1.54) is 0 Å². The summed E-state index contributed by atoms with van der Waals surface area (Å²) in [7, 11) is 0. The Morgan fingerprint density at radius 2 is 1.68 bits per heavy atom. The molecule has 0 saturated heterocycles. The summed E-state index contributed by atoms with van der Waals surface area (Å²) in [6.07, 6.45) is 3.49. The van der Waals surface area contributed by atoms with Gasteiger partial charge in [0.1, 0.15) is 11.4 Å². The van der Waals surface area contributed by atoms with Gasteiger partial charge in [-0.3, -0.25) is 4.98 Å². The van der Waals surface area contributed by atoms with E-state index in [0.717, 1.165) is 39.4 Å². The van der Waals surface area contributed by atoms with Crippen molar-refractivity contribution in [3.63, 3.8) is 0 Å². The summed E-state index contributed by atoms with van der Waals surface area (Å²) >= 11 is 0.